The van der Waals surface area contributed by atoms with Gasteiger partial charge < -0.3 is 10.6 Å². The maximum Gasteiger partial charge on any atom is 0.328 e. The van der Waals surface area contributed by atoms with Crippen LogP contribution in [0.25, 0.3) is 10.9 Å². The summed E-state index contributed by atoms with van der Waals surface area (Å²) >= 11 is 15.6. The van der Waals surface area contributed by atoms with Crippen molar-refractivity contribution in [2.45, 2.75) is 6.92 Å². The van der Waals surface area contributed by atoms with Gasteiger partial charge in [0, 0.05) is 20.6 Å². The Balaban J connectivity index is 1.66. The van der Waals surface area contributed by atoms with Gasteiger partial charge in [-0.25, -0.2) is 4.68 Å². The first-order valence-corrected chi connectivity index (χ1v) is 11.5. The van der Waals surface area contributed by atoms with Crippen molar-refractivity contribution >= 4 is 79.1 Å². The molecule has 0 aliphatic carbocycles. The number of carbonyl (C=O) groups excluding carboxylic acids is 3. The molecule has 0 spiro atoms. The number of hydrogen-bond acceptors (Lipinski definition) is 3. The summed E-state index contributed by atoms with van der Waals surface area (Å²) in [6, 6.07) is 18.6. The number of aromatic nitrogens is 1. The van der Waals surface area contributed by atoms with Gasteiger partial charge >= 0.3 is 11.8 Å². The number of anilines is 2. The van der Waals surface area contributed by atoms with Gasteiger partial charge in [0.2, 0.25) is 0 Å². The van der Waals surface area contributed by atoms with Crippen molar-refractivity contribution in [3.05, 3.63) is 92.5 Å². The Hall–Kier alpha value is -3.33. The molecule has 0 radical (unpaired) electrons. The Morgan fingerprint density at radius 2 is 1.53 bits per heavy atom. The Kier molecular flexibility index (Phi) is 6.92. The fourth-order valence-corrected chi connectivity index (χ4v) is 4.03. The number of amides is 3. The van der Waals surface area contributed by atoms with E-state index in [2.05, 4.69) is 32.0 Å². The fourth-order valence-electron chi connectivity index (χ4n) is 3.30. The lowest BCUT2D eigenvalue weighted by atomic mass is 10.2. The lowest BCUT2D eigenvalue weighted by molar-refractivity contribution is -0.133. The zero-order valence-electron chi connectivity index (χ0n) is 17.7. The van der Waals surface area contributed by atoms with E-state index in [0.29, 0.717) is 32.9 Å². The summed E-state index contributed by atoms with van der Waals surface area (Å²) in [4.78, 5) is 38.4. The number of nitrogens with one attached hydrogen (secondary N) is 3. The van der Waals surface area contributed by atoms with E-state index < -0.39 is 17.7 Å². The molecule has 34 heavy (non-hydrogen) atoms. The average Bonchev–Trinajstić information content (AvgIpc) is 3.15. The average molecular weight is 560 g/mol. The predicted octanol–water partition coefficient (Wildman–Crippen LogP) is 5.98. The largest absolute Gasteiger partial charge is 0.328 e. The van der Waals surface area contributed by atoms with E-state index in [9.17, 15) is 14.4 Å². The topological polar surface area (TPSA) is 92.2 Å². The first-order chi connectivity index (χ1) is 16.2. The van der Waals surface area contributed by atoms with Crippen molar-refractivity contribution in [1.82, 2.24) is 4.68 Å². The zero-order valence-corrected chi connectivity index (χ0v) is 20.8. The molecule has 1 aromatic heterocycles. The highest BCUT2D eigenvalue weighted by Crippen LogP contribution is 2.26. The third kappa shape index (κ3) is 4.94. The third-order valence-electron chi connectivity index (χ3n) is 5.05. The molecule has 0 saturated carbocycles. The number of para-hydroxylation sites is 1. The molecule has 10 heteroatoms. The fraction of sp³-hybridized carbons (Fsp3) is 0.0417. The molecular weight excluding hydrogens is 543 g/mol. The minimum absolute atomic E-state index is 0.117. The van der Waals surface area contributed by atoms with Crippen molar-refractivity contribution < 1.29 is 14.4 Å². The second-order valence-corrected chi connectivity index (χ2v) is 9.04. The van der Waals surface area contributed by atoms with E-state index >= 15 is 0 Å². The van der Waals surface area contributed by atoms with Crippen molar-refractivity contribution in [2.75, 3.05) is 16.1 Å². The van der Waals surface area contributed by atoms with E-state index in [4.69, 9.17) is 23.2 Å². The van der Waals surface area contributed by atoms with Gasteiger partial charge in [-0.2, -0.15) is 0 Å². The van der Waals surface area contributed by atoms with E-state index in [1.807, 2.05) is 0 Å². The lowest BCUT2D eigenvalue weighted by Gasteiger charge is -2.14. The molecule has 0 bridgehead atoms. The quantitative estimate of drug-likeness (QED) is 0.268. The first-order valence-electron chi connectivity index (χ1n) is 9.99. The SMILES string of the molecule is Cc1c(Cl)cccc1NC(=O)c1cc2cc(Br)ccc2n1NC(=O)C(=O)Nc1ccccc1Cl. The van der Waals surface area contributed by atoms with Gasteiger partial charge in [-0.15, -0.1) is 0 Å². The highest BCUT2D eigenvalue weighted by Gasteiger charge is 2.22. The summed E-state index contributed by atoms with van der Waals surface area (Å²) in [6.45, 7) is 1.78. The van der Waals surface area contributed by atoms with Crippen LogP contribution in [0.3, 0.4) is 0 Å². The normalized spacial score (nSPS) is 10.7. The molecule has 0 saturated heterocycles. The van der Waals surface area contributed by atoms with Crippen LogP contribution in [0.2, 0.25) is 10.0 Å². The number of halogens is 3. The summed E-state index contributed by atoms with van der Waals surface area (Å²) in [7, 11) is 0. The third-order valence-corrected chi connectivity index (χ3v) is 6.29. The van der Waals surface area contributed by atoms with E-state index in [0.717, 1.165) is 4.47 Å². The van der Waals surface area contributed by atoms with Gasteiger partial charge in [0.05, 0.1) is 16.2 Å². The number of nitrogens with zero attached hydrogens (tertiary/aromatic N) is 1. The van der Waals surface area contributed by atoms with Crippen molar-refractivity contribution in [3.8, 4) is 0 Å². The molecule has 0 unspecified atom stereocenters. The van der Waals surface area contributed by atoms with Crippen LogP contribution in [0.1, 0.15) is 16.1 Å². The molecule has 0 aliphatic heterocycles. The maximum atomic E-state index is 13.2. The smallest absolute Gasteiger partial charge is 0.320 e. The Morgan fingerprint density at radius 1 is 0.824 bits per heavy atom. The molecule has 7 nitrogen and oxygen atoms in total. The van der Waals surface area contributed by atoms with Crippen molar-refractivity contribution in [2.24, 2.45) is 0 Å². The van der Waals surface area contributed by atoms with Crippen LogP contribution in [0, 0.1) is 6.92 Å². The summed E-state index contributed by atoms with van der Waals surface area (Å²) in [5.74, 6) is -2.41. The van der Waals surface area contributed by atoms with E-state index in [1.54, 1.807) is 73.7 Å². The van der Waals surface area contributed by atoms with E-state index in [-0.39, 0.29) is 10.7 Å². The van der Waals surface area contributed by atoms with Gasteiger partial charge in [-0.1, -0.05) is 57.3 Å². The van der Waals surface area contributed by atoms with Crippen molar-refractivity contribution in [1.29, 1.82) is 0 Å². The number of fused-ring (bicyclic) bond motifs is 1. The second-order valence-electron chi connectivity index (χ2n) is 7.31. The van der Waals surface area contributed by atoms with Crippen LogP contribution < -0.4 is 16.1 Å². The molecule has 172 valence electrons. The summed E-state index contributed by atoms with van der Waals surface area (Å²) in [5, 5.41) is 6.74. The Morgan fingerprint density at radius 3 is 2.29 bits per heavy atom. The Bertz CT molecular complexity index is 1450. The maximum absolute atomic E-state index is 13.2. The molecule has 0 atom stereocenters. The lowest BCUT2D eigenvalue weighted by Crippen LogP contribution is -2.36. The van der Waals surface area contributed by atoms with E-state index in [1.165, 1.54) is 4.68 Å². The minimum Gasteiger partial charge on any atom is -0.320 e. The van der Waals surface area contributed by atoms with Gasteiger partial charge in [0.1, 0.15) is 5.69 Å². The van der Waals surface area contributed by atoms with Gasteiger partial charge in [0.15, 0.2) is 0 Å². The van der Waals surface area contributed by atoms with Gasteiger partial charge in [-0.3, -0.25) is 19.8 Å². The summed E-state index contributed by atoms with van der Waals surface area (Å²) < 4.78 is 2.06. The number of carbonyl (C=O) groups is 3. The molecule has 1 heterocycles. The standard InChI is InChI=1S/C24H17BrCl2N4O3/c1-13-16(26)6-4-8-18(13)28-22(32)21-12-14-11-15(25)9-10-20(14)31(21)30-24(34)23(33)29-19-7-3-2-5-17(19)27/h2-12H,1H3,(H,28,32)(H,29,33)(H,30,34). The number of rotatable bonds is 4. The van der Waals surface area contributed by atoms with Gasteiger partial charge in [-0.05, 0) is 61.0 Å². The van der Waals surface area contributed by atoms with Crippen LogP contribution in [-0.2, 0) is 9.59 Å². The highest BCUT2D eigenvalue weighted by molar-refractivity contribution is 9.10. The highest BCUT2D eigenvalue weighted by atomic mass is 79.9. The summed E-state index contributed by atoms with van der Waals surface area (Å²) in [6.07, 6.45) is 0. The molecule has 3 amide bonds. The van der Waals surface area contributed by atoms with Crippen LogP contribution in [0.5, 0.6) is 0 Å². The molecular formula is C24H17BrCl2N4O3. The molecule has 3 N–H and O–H groups in total. The zero-order chi connectivity index (χ0) is 24.4. The monoisotopic (exact) mass is 558 g/mol. The molecule has 4 rings (SSSR count). The van der Waals surface area contributed by atoms with Gasteiger partial charge in [0.25, 0.3) is 5.91 Å². The molecule has 0 fully saturated rings. The summed E-state index contributed by atoms with van der Waals surface area (Å²) in [5.41, 5.74) is 4.66. The van der Waals surface area contributed by atoms with Crippen LogP contribution in [0.4, 0.5) is 11.4 Å². The number of hydrogen-bond donors (Lipinski definition) is 3. The van der Waals surface area contributed by atoms with Crippen LogP contribution in [-0.4, -0.2) is 22.4 Å². The molecule has 3 aromatic carbocycles. The minimum atomic E-state index is -0.978. The molecule has 0 aliphatic rings. The van der Waals surface area contributed by atoms with Crippen molar-refractivity contribution in [3.63, 3.8) is 0 Å². The Labute approximate surface area is 213 Å². The first kappa shape index (κ1) is 23.8. The molecule has 4 aromatic rings. The second kappa shape index (κ2) is 9.89. The predicted molar refractivity (Wildman–Crippen MR) is 138 cm³/mol. The van der Waals surface area contributed by atoms with Crippen LogP contribution >= 0.6 is 39.1 Å². The number of benzene rings is 3. The van der Waals surface area contributed by atoms with Crippen LogP contribution in [0.15, 0.2) is 71.2 Å².